The van der Waals surface area contributed by atoms with E-state index in [1.54, 1.807) is 0 Å². The molecule has 1 saturated heterocycles. The number of ether oxygens (including phenoxy) is 2. The third kappa shape index (κ3) is 7.87. The Morgan fingerprint density at radius 1 is 1.11 bits per heavy atom. The Hall–Kier alpha value is 0.554. The van der Waals surface area contributed by atoms with Gasteiger partial charge < -0.3 is 0 Å². The van der Waals surface area contributed by atoms with Gasteiger partial charge in [-0.2, -0.15) is 0 Å². The molecule has 0 amide bonds. The van der Waals surface area contributed by atoms with Crippen LogP contribution in [0.25, 0.3) is 0 Å². The first-order valence-electron chi connectivity index (χ1n) is 7.17. The number of epoxide rings is 1. The van der Waals surface area contributed by atoms with Crippen LogP contribution in [0.15, 0.2) is 0 Å². The van der Waals surface area contributed by atoms with Gasteiger partial charge in [-0.05, 0) is 0 Å². The fraction of sp³-hybridized carbons (Fsp3) is 1.00. The average molecular weight is 296 g/mol. The molecule has 0 aromatic heterocycles. The van der Waals surface area contributed by atoms with Crippen molar-refractivity contribution in [2.75, 3.05) is 33.0 Å². The van der Waals surface area contributed by atoms with E-state index in [9.17, 15) is 0 Å². The number of rotatable bonds is 12. The first kappa shape index (κ1) is 16.6. The summed E-state index contributed by atoms with van der Waals surface area (Å²) in [6, 6.07) is 0. The predicted octanol–water partition coefficient (Wildman–Crippen LogP) is 3.10. The summed E-state index contributed by atoms with van der Waals surface area (Å²) in [5.74, 6) is 0. The molecule has 1 rings (SSSR count). The molecule has 0 aliphatic carbocycles. The summed E-state index contributed by atoms with van der Waals surface area (Å²) in [5.41, 5.74) is 0. The van der Waals surface area contributed by atoms with Crippen molar-refractivity contribution in [1.29, 1.82) is 0 Å². The van der Waals surface area contributed by atoms with E-state index in [4.69, 9.17) is 16.1 Å². The van der Waals surface area contributed by atoms with E-state index in [1.807, 2.05) is 0 Å². The molecule has 108 valence electrons. The van der Waals surface area contributed by atoms with Gasteiger partial charge >= 0.3 is 116 Å². The topological polar surface area (TPSA) is 40.2 Å². The van der Waals surface area contributed by atoms with Gasteiger partial charge in [-0.15, -0.1) is 0 Å². The summed E-state index contributed by atoms with van der Waals surface area (Å²) < 4.78 is 23.7. The Balaban J connectivity index is 2.11. The predicted molar refractivity (Wildman–Crippen MR) is 68.3 cm³/mol. The molecule has 0 saturated carbocycles. The van der Waals surface area contributed by atoms with Crippen LogP contribution in [-0.2, 0) is 33.5 Å². The molecule has 1 fully saturated rings. The Bertz CT molecular complexity index is 201. The Morgan fingerprint density at radius 2 is 1.72 bits per heavy atom. The monoisotopic (exact) mass is 296 g/mol. The molecule has 18 heavy (non-hydrogen) atoms. The van der Waals surface area contributed by atoms with E-state index in [0.717, 1.165) is 57.0 Å². The minimum atomic E-state index is -2.49. The molecule has 0 bridgehead atoms. The molecule has 1 heterocycles. The molecular formula is C13H28O4Ti. The first-order chi connectivity index (χ1) is 8.70. The van der Waals surface area contributed by atoms with Crippen LogP contribution in [0.1, 0.15) is 33.1 Å². The first-order valence-corrected chi connectivity index (χ1v) is 11.1. The van der Waals surface area contributed by atoms with E-state index in [0.29, 0.717) is 6.10 Å². The van der Waals surface area contributed by atoms with Crippen LogP contribution in [0, 0.1) is 0 Å². The summed E-state index contributed by atoms with van der Waals surface area (Å²) >= 11 is -2.49. The maximum atomic E-state index is 6.01. The summed E-state index contributed by atoms with van der Waals surface area (Å²) in [6.45, 7) is 8.35. The summed E-state index contributed by atoms with van der Waals surface area (Å²) in [5, 5.41) is 2.22. The van der Waals surface area contributed by atoms with Crippen molar-refractivity contribution in [3.63, 3.8) is 0 Å². The van der Waals surface area contributed by atoms with Gasteiger partial charge in [-0.25, -0.2) is 0 Å². The third-order valence-electron chi connectivity index (χ3n) is 2.85. The van der Waals surface area contributed by atoms with Crippen molar-refractivity contribution in [1.82, 2.24) is 0 Å². The average Bonchev–Trinajstić information content (AvgIpc) is 3.18. The molecule has 0 N–H and O–H groups in total. The van der Waals surface area contributed by atoms with Crippen LogP contribution < -0.4 is 0 Å². The van der Waals surface area contributed by atoms with Crippen molar-refractivity contribution in [3.05, 3.63) is 0 Å². The van der Waals surface area contributed by atoms with E-state index in [1.165, 1.54) is 0 Å². The maximum absolute atomic E-state index is 6.01. The van der Waals surface area contributed by atoms with Crippen molar-refractivity contribution >= 4 is 0 Å². The molecule has 1 atom stereocenters. The van der Waals surface area contributed by atoms with Crippen molar-refractivity contribution in [2.45, 2.75) is 49.2 Å². The van der Waals surface area contributed by atoms with E-state index >= 15 is 0 Å². The van der Waals surface area contributed by atoms with Crippen LogP contribution in [0.5, 0.6) is 0 Å². The molecule has 4 nitrogen and oxygen atoms in total. The second-order valence-corrected chi connectivity index (χ2v) is 10.2. The van der Waals surface area contributed by atoms with Gasteiger partial charge in [-0.3, -0.25) is 0 Å². The fourth-order valence-electron chi connectivity index (χ4n) is 1.70. The Kier molecular flexibility index (Phi) is 8.73. The van der Waals surface area contributed by atoms with Crippen molar-refractivity contribution in [2.24, 2.45) is 0 Å². The third-order valence-corrected chi connectivity index (χ3v) is 7.36. The van der Waals surface area contributed by atoms with Crippen molar-refractivity contribution < 1.29 is 33.5 Å². The van der Waals surface area contributed by atoms with Crippen molar-refractivity contribution in [3.8, 4) is 0 Å². The fourth-order valence-corrected chi connectivity index (χ4v) is 5.49. The zero-order valence-corrected chi connectivity index (χ0v) is 13.6. The molecular weight excluding hydrogens is 268 g/mol. The van der Waals surface area contributed by atoms with Crippen LogP contribution in [0.3, 0.4) is 0 Å². The van der Waals surface area contributed by atoms with Gasteiger partial charge in [0.25, 0.3) is 0 Å². The van der Waals surface area contributed by atoms with E-state index in [2.05, 4.69) is 19.1 Å². The second kappa shape index (κ2) is 9.46. The SMILES string of the molecule is CCC[O][Ti]([CH3])([CH2]CCOCC1CO1)[O]CCC. The standard InChI is InChI=1S/C6H11O2.2C3H7O.CH3.Ti/c1-2-3-7-4-6-5-8-6;2*1-2-3-4;;/h6H,1-5H2;2*2-3H2,1H3;1H3;/q;2*-1;;+2. The molecule has 0 aromatic carbocycles. The van der Waals surface area contributed by atoms with Crippen LogP contribution in [0.4, 0.5) is 0 Å². The number of hydrogen-bond donors (Lipinski definition) is 0. The summed E-state index contributed by atoms with van der Waals surface area (Å²) in [6.07, 6.45) is 3.53. The second-order valence-electron chi connectivity index (χ2n) is 4.96. The van der Waals surface area contributed by atoms with Crippen LogP contribution in [0.2, 0.25) is 9.95 Å². The van der Waals surface area contributed by atoms with E-state index < -0.39 is 17.4 Å². The Labute approximate surface area is 116 Å². The minimum absolute atomic E-state index is 0.366. The van der Waals surface area contributed by atoms with Gasteiger partial charge in [0.2, 0.25) is 0 Å². The quantitative estimate of drug-likeness (QED) is 0.315. The zero-order chi connectivity index (χ0) is 13.3. The summed E-state index contributed by atoms with van der Waals surface area (Å²) in [7, 11) is 0. The van der Waals surface area contributed by atoms with Crippen LogP contribution >= 0.6 is 0 Å². The van der Waals surface area contributed by atoms with Crippen LogP contribution in [-0.4, -0.2) is 39.1 Å². The van der Waals surface area contributed by atoms with Gasteiger partial charge in [0.1, 0.15) is 0 Å². The molecule has 1 unspecified atom stereocenters. The van der Waals surface area contributed by atoms with Gasteiger partial charge in [0, 0.05) is 0 Å². The summed E-state index contributed by atoms with van der Waals surface area (Å²) in [4.78, 5) is 0. The molecule has 0 aromatic rings. The van der Waals surface area contributed by atoms with Gasteiger partial charge in [0.15, 0.2) is 0 Å². The van der Waals surface area contributed by atoms with Gasteiger partial charge in [-0.1, -0.05) is 0 Å². The normalized spacial score (nSPS) is 19.2. The van der Waals surface area contributed by atoms with Gasteiger partial charge in [0.05, 0.1) is 0 Å². The molecule has 1 aliphatic heterocycles. The zero-order valence-electron chi connectivity index (χ0n) is 12.1. The molecule has 1 aliphatic rings. The molecule has 0 radical (unpaired) electrons. The molecule has 0 spiro atoms. The Morgan fingerprint density at radius 3 is 2.22 bits per heavy atom. The number of hydrogen-bond acceptors (Lipinski definition) is 4. The molecule has 5 heteroatoms. The van der Waals surface area contributed by atoms with E-state index in [-0.39, 0.29) is 0 Å².